The highest BCUT2D eigenvalue weighted by atomic mass is 19.4. The van der Waals surface area contributed by atoms with Crippen molar-refractivity contribution in [1.82, 2.24) is 9.78 Å². The average molecular weight is 455 g/mol. The van der Waals surface area contributed by atoms with Gasteiger partial charge in [-0.1, -0.05) is 29.8 Å². The molecular formula is C25H24F3N3O2. The van der Waals surface area contributed by atoms with Gasteiger partial charge in [0.1, 0.15) is 0 Å². The van der Waals surface area contributed by atoms with Crippen molar-refractivity contribution in [3.8, 4) is 16.9 Å². The Morgan fingerprint density at radius 3 is 2.45 bits per heavy atom. The summed E-state index contributed by atoms with van der Waals surface area (Å²) in [7, 11) is 0. The molecule has 2 heterocycles. The fraction of sp³-hybridized carbons (Fsp3) is 0.360. The monoisotopic (exact) mass is 455 g/mol. The summed E-state index contributed by atoms with van der Waals surface area (Å²) in [6.45, 7) is 2.83. The largest absolute Gasteiger partial charge is 0.418 e. The van der Waals surface area contributed by atoms with Gasteiger partial charge in [-0.05, 0) is 56.4 Å². The molecule has 8 heteroatoms. The van der Waals surface area contributed by atoms with E-state index in [9.17, 15) is 23.1 Å². The summed E-state index contributed by atoms with van der Waals surface area (Å²) in [6, 6.07) is 11.4. The molecule has 0 radical (unpaired) electrons. The molecule has 1 aromatic heterocycles. The van der Waals surface area contributed by atoms with E-state index in [0.717, 1.165) is 33.9 Å². The number of hydrogen-bond donors (Lipinski definition) is 1. The Morgan fingerprint density at radius 1 is 1.06 bits per heavy atom. The van der Waals surface area contributed by atoms with Gasteiger partial charge < -0.3 is 10.0 Å². The zero-order chi connectivity index (χ0) is 23.3. The van der Waals surface area contributed by atoms with Crippen molar-refractivity contribution in [2.45, 2.75) is 44.9 Å². The zero-order valence-corrected chi connectivity index (χ0v) is 18.2. The number of halogens is 3. The van der Waals surface area contributed by atoms with Gasteiger partial charge in [-0.15, -0.1) is 0 Å². The van der Waals surface area contributed by atoms with Crippen molar-refractivity contribution in [1.29, 1.82) is 0 Å². The van der Waals surface area contributed by atoms with Gasteiger partial charge >= 0.3 is 6.18 Å². The van der Waals surface area contributed by atoms with Gasteiger partial charge in [0.05, 0.1) is 23.0 Å². The number of benzene rings is 2. The summed E-state index contributed by atoms with van der Waals surface area (Å²) < 4.78 is 42.9. The molecular weight excluding hydrogens is 431 g/mol. The molecule has 1 saturated heterocycles. The van der Waals surface area contributed by atoms with Gasteiger partial charge in [0, 0.05) is 29.9 Å². The van der Waals surface area contributed by atoms with Crippen LogP contribution in [-0.2, 0) is 19.0 Å². The molecule has 33 heavy (non-hydrogen) atoms. The number of anilines is 1. The highest BCUT2D eigenvalue weighted by Gasteiger charge is 2.36. The van der Waals surface area contributed by atoms with Crippen LogP contribution in [0.25, 0.3) is 16.9 Å². The first-order valence-corrected chi connectivity index (χ1v) is 11.1. The Bertz CT molecular complexity index is 1270. The van der Waals surface area contributed by atoms with Gasteiger partial charge in [-0.2, -0.15) is 23.0 Å². The Labute approximate surface area is 189 Å². The number of aliphatic hydroxyl groups excluding tert-OH is 1. The minimum atomic E-state index is -4.65. The lowest BCUT2D eigenvalue weighted by Crippen LogP contribution is -2.29. The van der Waals surface area contributed by atoms with Crippen LogP contribution in [0.3, 0.4) is 0 Å². The molecule has 3 aromatic rings. The first kappa shape index (κ1) is 21.7. The van der Waals surface area contributed by atoms with Gasteiger partial charge in [-0.3, -0.25) is 4.79 Å². The number of aromatic nitrogens is 2. The van der Waals surface area contributed by atoms with Crippen LogP contribution in [0.2, 0.25) is 0 Å². The summed E-state index contributed by atoms with van der Waals surface area (Å²) in [5.41, 5.74) is 2.59. The number of nitrogens with zero attached hydrogens (tertiary/aromatic N) is 3. The van der Waals surface area contributed by atoms with Crippen LogP contribution in [0.5, 0.6) is 0 Å². The molecule has 1 N–H and O–H groups in total. The molecule has 1 fully saturated rings. The standard InChI is InChI=1S/C25H24F3N3O2/c1-15-5-7-16(8-6-15)23-19-3-2-4-20(19)24(33)31(29-23)22-13-17(30-12-11-18(32)14-30)9-10-21(22)25(26,27)28/h5-10,13,18,32H,2-4,11-12,14H2,1H3/t18-/m0/s1. The van der Waals surface area contributed by atoms with E-state index in [0.29, 0.717) is 49.3 Å². The number of β-amino-alcohol motifs (C(OH)–C–C–N with tert-alkyl or cyclic N) is 1. The van der Waals surface area contributed by atoms with Crippen LogP contribution in [0, 0.1) is 6.92 Å². The summed E-state index contributed by atoms with van der Waals surface area (Å²) >= 11 is 0. The van der Waals surface area contributed by atoms with E-state index in [2.05, 4.69) is 5.10 Å². The lowest BCUT2D eigenvalue weighted by Gasteiger charge is -2.22. The van der Waals surface area contributed by atoms with Crippen molar-refractivity contribution in [3.63, 3.8) is 0 Å². The van der Waals surface area contributed by atoms with Crippen LogP contribution in [0.15, 0.2) is 47.3 Å². The summed E-state index contributed by atoms with van der Waals surface area (Å²) in [6.07, 6.45) is -2.65. The van der Waals surface area contributed by atoms with Crippen LogP contribution in [-0.4, -0.2) is 34.1 Å². The Hall–Kier alpha value is -3.13. The Kier molecular flexibility index (Phi) is 5.28. The van der Waals surface area contributed by atoms with Crippen LogP contribution >= 0.6 is 0 Å². The molecule has 5 rings (SSSR count). The lowest BCUT2D eigenvalue weighted by molar-refractivity contribution is -0.137. The Morgan fingerprint density at radius 2 is 1.79 bits per heavy atom. The predicted molar refractivity (Wildman–Crippen MR) is 120 cm³/mol. The lowest BCUT2D eigenvalue weighted by atomic mass is 10.0. The minimum Gasteiger partial charge on any atom is -0.391 e. The number of alkyl halides is 3. The van der Waals surface area contributed by atoms with Crippen molar-refractivity contribution < 1.29 is 18.3 Å². The molecule has 2 aliphatic rings. The van der Waals surface area contributed by atoms with Gasteiger partial charge in [-0.25, -0.2) is 0 Å². The summed E-state index contributed by atoms with van der Waals surface area (Å²) in [4.78, 5) is 15.2. The van der Waals surface area contributed by atoms with E-state index < -0.39 is 23.4 Å². The van der Waals surface area contributed by atoms with Crippen molar-refractivity contribution in [2.75, 3.05) is 18.0 Å². The van der Waals surface area contributed by atoms with Crippen LogP contribution < -0.4 is 10.5 Å². The van der Waals surface area contributed by atoms with Crippen LogP contribution in [0.1, 0.15) is 35.1 Å². The first-order chi connectivity index (χ1) is 15.7. The second kappa shape index (κ2) is 8.02. The molecule has 1 aliphatic carbocycles. The van der Waals surface area contributed by atoms with E-state index in [-0.39, 0.29) is 5.69 Å². The molecule has 5 nitrogen and oxygen atoms in total. The second-order valence-electron chi connectivity index (χ2n) is 8.83. The van der Waals surface area contributed by atoms with Gasteiger partial charge in [0.2, 0.25) is 0 Å². The third-order valence-corrected chi connectivity index (χ3v) is 6.52. The van der Waals surface area contributed by atoms with Crippen molar-refractivity contribution >= 4 is 5.69 Å². The number of aryl methyl sites for hydroxylation is 1. The molecule has 0 amide bonds. The quantitative estimate of drug-likeness (QED) is 0.640. The normalized spacial score (nSPS) is 18.1. The third kappa shape index (κ3) is 3.93. The van der Waals surface area contributed by atoms with E-state index in [1.807, 2.05) is 36.1 Å². The maximum Gasteiger partial charge on any atom is 0.418 e. The topological polar surface area (TPSA) is 58.4 Å². The van der Waals surface area contributed by atoms with Gasteiger partial charge in [0.25, 0.3) is 5.56 Å². The molecule has 2 aromatic carbocycles. The fourth-order valence-electron chi connectivity index (χ4n) is 4.79. The molecule has 0 bridgehead atoms. The first-order valence-electron chi connectivity index (χ1n) is 11.1. The SMILES string of the molecule is Cc1ccc(-c2nn(-c3cc(N4CC[C@H](O)C4)ccc3C(F)(F)F)c(=O)c3c2CCC3)cc1. The Balaban J connectivity index is 1.74. The summed E-state index contributed by atoms with van der Waals surface area (Å²) in [5.74, 6) is 0. The van der Waals surface area contributed by atoms with Crippen molar-refractivity contribution in [3.05, 3.63) is 75.1 Å². The molecule has 0 spiro atoms. The number of aliphatic hydroxyl groups is 1. The maximum absolute atomic E-state index is 14.0. The van der Waals surface area contributed by atoms with Gasteiger partial charge in [0.15, 0.2) is 0 Å². The second-order valence-corrected chi connectivity index (χ2v) is 8.83. The van der Waals surface area contributed by atoms with Crippen LogP contribution in [0.4, 0.5) is 18.9 Å². The molecule has 1 aliphatic heterocycles. The maximum atomic E-state index is 14.0. The highest BCUT2D eigenvalue weighted by Crippen LogP contribution is 2.37. The van der Waals surface area contributed by atoms with Crippen molar-refractivity contribution in [2.24, 2.45) is 0 Å². The highest BCUT2D eigenvalue weighted by molar-refractivity contribution is 5.66. The third-order valence-electron chi connectivity index (χ3n) is 6.52. The number of hydrogen-bond acceptors (Lipinski definition) is 4. The smallest absolute Gasteiger partial charge is 0.391 e. The van der Waals surface area contributed by atoms with E-state index in [1.165, 1.54) is 12.1 Å². The molecule has 0 unspecified atom stereocenters. The molecule has 172 valence electrons. The van der Waals surface area contributed by atoms with E-state index >= 15 is 0 Å². The molecule has 0 saturated carbocycles. The molecule has 1 atom stereocenters. The van der Waals surface area contributed by atoms with E-state index in [4.69, 9.17) is 0 Å². The predicted octanol–water partition coefficient (Wildman–Crippen LogP) is 4.29. The van der Waals surface area contributed by atoms with E-state index in [1.54, 1.807) is 0 Å². The zero-order valence-electron chi connectivity index (χ0n) is 18.2. The summed E-state index contributed by atoms with van der Waals surface area (Å²) in [5, 5.41) is 14.4. The minimum absolute atomic E-state index is 0.283. The number of fused-ring (bicyclic) bond motifs is 1. The fourth-order valence-corrected chi connectivity index (χ4v) is 4.79. The average Bonchev–Trinajstić information content (AvgIpc) is 3.44. The number of rotatable bonds is 3.